The molecule has 17 heavy (non-hydrogen) atoms. The SMILES string of the molecule is CC(C)(C)C(O)c1ccc(-c2ccncc2)o1. The topological polar surface area (TPSA) is 46.3 Å². The Bertz CT molecular complexity index is 482. The molecule has 0 radical (unpaired) electrons. The Labute approximate surface area is 101 Å². The number of aromatic nitrogens is 1. The number of pyridine rings is 1. The van der Waals surface area contributed by atoms with Crippen LogP contribution in [0.3, 0.4) is 0 Å². The number of rotatable bonds is 2. The van der Waals surface area contributed by atoms with Crippen molar-refractivity contribution in [3.63, 3.8) is 0 Å². The summed E-state index contributed by atoms with van der Waals surface area (Å²) in [5, 5.41) is 10.1. The van der Waals surface area contributed by atoms with Crippen molar-refractivity contribution in [3.05, 3.63) is 42.4 Å². The second-order valence-electron chi connectivity index (χ2n) is 5.21. The highest BCUT2D eigenvalue weighted by Gasteiger charge is 2.26. The molecule has 0 spiro atoms. The number of aliphatic hydroxyl groups is 1. The van der Waals surface area contributed by atoms with E-state index in [4.69, 9.17) is 4.42 Å². The van der Waals surface area contributed by atoms with Gasteiger partial charge in [0, 0.05) is 18.0 Å². The Morgan fingerprint density at radius 1 is 1.12 bits per heavy atom. The standard InChI is InChI=1S/C14H17NO2/c1-14(2,3)13(16)12-5-4-11(17-12)10-6-8-15-9-7-10/h4-9,13,16H,1-3H3. The second-order valence-corrected chi connectivity index (χ2v) is 5.21. The van der Waals surface area contributed by atoms with E-state index in [1.165, 1.54) is 0 Å². The lowest BCUT2D eigenvalue weighted by Crippen LogP contribution is -2.17. The molecule has 0 aliphatic rings. The summed E-state index contributed by atoms with van der Waals surface area (Å²) in [6, 6.07) is 7.46. The van der Waals surface area contributed by atoms with Gasteiger partial charge in [-0.2, -0.15) is 0 Å². The van der Waals surface area contributed by atoms with Gasteiger partial charge in [-0.3, -0.25) is 4.98 Å². The van der Waals surface area contributed by atoms with E-state index in [0.29, 0.717) is 5.76 Å². The number of hydrogen-bond acceptors (Lipinski definition) is 3. The molecule has 1 N–H and O–H groups in total. The molecule has 2 aromatic heterocycles. The van der Waals surface area contributed by atoms with Crippen LogP contribution in [-0.2, 0) is 0 Å². The third-order valence-electron chi connectivity index (χ3n) is 2.68. The first-order valence-electron chi connectivity index (χ1n) is 5.66. The van der Waals surface area contributed by atoms with Crippen molar-refractivity contribution >= 4 is 0 Å². The van der Waals surface area contributed by atoms with Crippen LogP contribution in [0, 0.1) is 5.41 Å². The lowest BCUT2D eigenvalue weighted by molar-refractivity contribution is 0.0440. The molecule has 1 unspecified atom stereocenters. The fraction of sp³-hybridized carbons (Fsp3) is 0.357. The van der Waals surface area contributed by atoms with Gasteiger partial charge in [0.1, 0.15) is 17.6 Å². The zero-order valence-corrected chi connectivity index (χ0v) is 10.3. The maximum atomic E-state index is 10.1. The monoisotopic (exact) mass is 231 g/mol. The molecule has 0 aromatic carbocycles. The van der Waals surface area contributed by atoms with Gasteiger partial charge in [0.2, 0.25) is 0 Å². The molecule has 3 heteroatoms. The molecule has 2 aromatic rings. The summed E-state index contributed by atoms with van der Waals surface area (Å²) in [5.41, 5.74) is 0.736. The van der Waals surface area contributed by atoms with Gasteiger partial charge in [-0.1, -0.05) is 20.8 Å². The third-order valence-corrected chi connectivity index (χ3v) is 2.68. The molecule has 2 rings (SSSR count). The van der Waals surface area contributed by atoms with Crippen molar-refractivity contribution < 1.29 is 9.52 Å². The van der Waals surface area contributed by atoms with Crippen molar-refractivity contribution in [2.45, 2.75) is 26.9 Å². The molecule has 2 heterocycles. The Hall–Kier alpha value is -1.61. The predicted molar refractivity (Wildman–Crippen MR) is 66.4 cm³/mol. The molecule has 0 saturated heterocycles. The second kappa shape index (κ2) is 4.34. The van der Waals surface area contributed by atoms with Crippen molar-refractivity contribution in [1.29, 1.82) is 0 Å². The fourth-order valence-electron chi connectivity index (χ4n) is 1.60. The Kier molecular flexibility index (Phi) is 3.03. The summed E-state index contributed by atoms with van der Waals surface area (Å²) < 4.78 is 5.68. The van der Waals surface area contributed by atoms with E-state index in [1.807, 2.05) is 45.0 Å². The van der Waals surface area contributed by atoms with Gasteiger partial charge in [0.25, 0.3) is 0 Å². The van der Waals surface area contributed by atoms with Crippen LogP contribution in [0.4, 0.5) is 0 Å². The zero-order chi connectivity index (χ0) is 12.5. The maximum Gasteiger partial charge on any atom is 0.134 e. The first kappa shape index (κ1) is 11.9. The number of nitrogens with zero attached hydrogens (tertiary/aromatic N) is 1. The molecule has 0 fully saturated rings. The van der Waals surface area contributed by atoms with E-state index >= 15 is 0 Å². The summed E-state index contributed by atoms with van der Waals surface area (Å²) in [6.45, 7) is 5.94. The van der Waals surface area contributed by atoms with Crippen molar-refractivity contribution in [3.8, 4) is 11.3 Å². The van der Waals surface area contributed by atoms with Crippen LogP contribution in [0.5, 0.6) is 0 Å². The molecule has 0 bridgehead atoms. The minimum atomic E-state index is -0.599. The summed E-state index contributed by atoms with van der Waals surface area (Å²) in [5.74, 6) is 1.36. The number of aliphatic hydroxyl groups excluding tert-OH is 1. The van der Waals surface area contributed by atoms with Gasteiger partial charge in [0.05, 0.1) is 0 Å². The molecule has 0 aliphatic carbocycles. The van der Waals surface area contributed by atoms with Crippen LogP contribution in [0.15, 0.2) is 41.1 Å². The summed E-state index contributed by atoms with van der Waals surface area (Å²) in [4.78, 5) is 3.96. The van der Waals surface area contributed by atoms with Crippen LogP contribution in [-0.4, -0.2) is 10.1 Å². The van der Waals surface area contributed by atoms with E-state index in [9.17, 15) is 5.11 Å². The summed E-state index contributed by atoms with van der Waals surface area (Å²) in [6.07, 6.45) is 2.84. The third kappa shape index (κ3) is 2.56. The highest BCUT2D eigenvalue weighted by atomic mass is 16.4. The molecular weight excluding hydrogens is 214 g/mol. The highest BCUT2D eigenvalue weighted by Crippen LogP contribution is 2.35. The van der Waals surface area contributed by atoms with Crippen molar-refractivity contribution in [2.24, 2.45) is 5.41 Å². The molecule has 0 aliphatic heterocycles. The average molecular weight is 231 g/mol. The van der Waals surface area contributed by atoms with Crippen LogP contribution < -0.4 is 0 Å². The average Bonchev–Trinajstić information content (AvgIpc) is 2.77. The normalized spacial score (nSPS) is 13.6. The zero-order valence-electron chi connectivity index (χ0n) is 10.3. The Morgan fingerprint density at radius 2 is 1.76 bits per heavy atom. The molecule has 0 saturated carbocycles. The maximum absolute atomic E-state index is 10.1. The smallest absolute Gasteiger partial charge is 0.134 e. The molecule has 90 valence electrons. The highest BCUT2D eigenvalue weighted by molar-refractivity contribution is 5.56. The first-order chi connectivity index (χ1) is 7.98. The van der Waals surface area contributed by atoms with Crippen LogP contribution in [0.1, 0.15) is 32.6 Å². The number of hydrogen-bond donors (Lipinski definition) is 1. The van der Waals surface area contributed by atoms with Gasteiger partial charge in [-0.05, 0) is 29.7 Å². The minimum absolute atomic E-state index is 0.229. The van der Waals surface area contributed by atoms with Crippen molar-refractivity contribution in [2.75, 3.05) is 0 Å². The van der Waals surface area contributed by atoms with Crippen LogP contribution in [0.25, 0.3) is 11.3 Å². The lowest BCUT2D eigenvalue weighted by atomic mass is 9.88. The van der Waals surface area contributed by atoms with Crippen LogP contribution >= 0.6 is 0 Å². The van der Waals surface area contributed by atoms with E-state index in [1.54, 1.807) is 12.4 Å². The van der Waals surface area contributed by atoms with Gasteiger partial charge in [0.15, 0.2) is 0 Å². The van der Waals surface area contributed by atoms with Crippen LogP contribution in [0.2, 0.25) is 0 Å². The largest absolute Gasteiger partial charge is 0.458 e. The van der Waals surface area contributed by atoms with E-state index in [0.717, 1.165) is 11.3 Å². The molecule has 1 atom stereocenters. The van der Waals surface area contributed by atoms with Gasteiger partial charge in [-0.25, -0.2) is 0 Å². The lowest BCUT2D eigenvalue weighted by Gasteiger charge is -2.23. The summed E-state index contributed by atoms with van der Waals surface area (Å²) in [7, 11) is 0. The molecule has 0 amide bonds. The Morgan fingerprint density at radius 3 is 2.35 bits per heavy atom. The first-order valence-corrected chi connectivity index (χ1v) is 5.66. The van der Waals surface area contributed by atoms with Gasteiger partial charge < -0.3 is 9.52 Å². The minimum Gasteiger partial charge on any atom is -0.458 e. The predicted octanol–water partition coefficient (Wildman–Crippen LogP) is 3.42. The van der Waals surface area contributed by atoms with Gasteiger partial charge >= 0.3 is 0 Å². The molecule has 3 nitrogen and oxygen atoms in total. The molecular formula is C14H17NO2. The summed E-state index contributed by atoms with van der Waals surface area (Å²) >= 11 is 0. The fourth-order valence-corrected chi connectivity index (χ4v) is 1.60. The quantitative estimate of drug-likeness (QED) is 0.861. The van der Waals surface area contributed by atoms with E-state index in [2.05, 4.69) is 4.98 Å². The Balaban J connectivity index is 2.28. The van der Waals surface area contributed by atoms with E-state index in [-0.39, 0.29) is 5.41 Å². The number of furan rings is 1. The van der Waals surface area contributed by atoms with E-state index < -0.39 is 6.10 Å². The van der Waals surface area contributed by atoms with Crippen molar-refractivity contribution in [1.82, 2.24) is 4.98 Å². The van der Waals surface area contributed by atoms with Gasteiger partial charge in [-0.15, -0.1) is 0 Å².